The second kappa shape index (κ2) is 5.94. The number of anilines is 1. The zero-order valence-corrected chi connectivity index (χ0v) is 14.2. The number of ether oxygens (including phenoxy) is 1. The van der Waals surface area contributed by atoms with Crippen LogP contribution in [0, 0.1) is 6.92 Å². The summed E-state index contributed by atoms with van der Waals surface area (Å²) in [4.78, 5) is 11.0. The molecule has 3 heterocycles. The molecule has 1 aliphatic heterocycles. The van der Waals surface area contributed by atoms with Crippen molar-refractivity contribution in [1.82, 2.24) is 15.1 Å². The Kier molecular flexibility index (Phi) is 3.76. The van der Waals surface area contributed by atoms with E-state index >= 15 is 0 Å². The highest BCUT2D eigenvalue weighted by molar-refractivity contribution is 6.34. The van der Waals surface area contributed by atoms with Crippen molar-refractivity contribution in [2.24, 2.45) is 0 Å². The highest BCUT2D eigenvalue weighted by Gasteiger charge is 2.30. The van der Waals surface area contributed by atoms with Gasteiger partial charge in [0.05, 0.1) is 29.3 Å². The maximum Gasteiger partial charge on any atom is 0.231 e. The summed E-state index contributed by atoms with van der Waals surface area (Å²) in [5.74, 6) is 2.37. The molecule has 3 aromatic rings. The average Bonchev–Trinajstić information content (AvgIpc) is 3.23. The molecule has 0 aliphatic carbocycles. The third kappa shape index (κ3) is 2.57. The van der Waals surface area contributed by atoms with Gasteiger partial charge >= 0.3 is 0 Å². The van der Waals surface area contributed by atoms with E-state index in [2.05, 4.69) is 20.0 Å². The first-order chi connectivity index (χ1) is 11.7. The summed E-state index contributed by atoms with van der Waals surface area (Å²) in [7, 11) is 1.66. The largest absolute Gasteiger partial charge is 0.497 e. The Balaban J connectivity index is 1.72. The summed E-state index contributed by atoms with van der Waals surface area (Å²) < 4.78 is 10.7. The summed E-state index contributed by atoms with van der Waals surface area (Å²) in [5, 5.41) is 5.52. The smallest absolute Gasteiger partial charge is 0.231 e. The molecule has 124 valence electrons. The number of methoxy groups -OCH3 is 1. The standard InChI is InChI=1S/C17H17ClN4O2/c1-10-20-17(24-21-10)11-5-6-22(9-11)16-13-7-12(23-2)3-4-15(13)19-8-14(16)18/h3-4,7-8,11H,5-6,9H2,1-2H3. The van der Waals surface area contributed by atoms with E-state index in [0.29, 0.717) is 16.7 Å². The van der Waals surface area contributed by atoms with Gasteiger partial charge in [-0.25, -0.2) is 0 Å². The van der Waals surface area contributed by atoms with Crippen molar-refractivity contribution in [2.45, 2.75) is 19.3 Å². The SMILES string of the molecule is COc1ccc2ncc(Cl)c(N3CCC(c4nc(C)no4)C3)c2c1. The summed E-state index contributed by atoms with van der Waals surface area (Å²) in [6.07, 6.45) is 2.65. The first-order valence-electron chi connectivity index (χ1n) is 7.83. The topological polar surface area (TPSA) is 64.3 Å². The zero-order chi connectivity index (χ0) is 16.7. The first-order valence-corrected chi connectivity index (χ1v) is 8.21. The van der Waals surface area contributed by atoms with Crippen LogP contribution >= 0.6 is 11.6 Å². The molecule has 1 aliphatic rings. The lowest BCUT2D eigenvalue weighted by Gasteiger charge is -2.21. The quantitative estimate of drug-likeness (QED) is 0.723. The molecule has 0 radical (unpaired) electrons. The number of pyridine rings is 1. The normalized spacial score (nSPS) is 17.6. The van der Waals surface area contributed by atoms with Crippen molar-refractivity contribution < 1.29 is 9.26 Å². The minimum atomic E-state index is 0.219. The molecule has 6 nitrogen and oxygen atoms in total. The van der Waals surface area contributed by atoms with Gasteiger partial charge in [-0.2, -0.15) is 4.98 Å². The summed E-state index contributed by atoms with van der Waals surface area (Å²) in [5.41, 5.74) is 1.88. The molecule has 1 unspecified atom stereocenters. The number of aromatic nitrogens is 3. The van der Waals surface area contributed by atoms with Crippen molar-refractivity contribution in [3.63, 3.8) is 0 Å². The van der Waals surface area contributed by atoms with Crippen LogP contribution in [0.2, 0.25) is 5.02 Å². The molecule has 2 aromatic heterocycles. The van der Waals surface area contributed by atoms with Gasteiger partial charge in [-0.1, -0.05) is 16.8 Å². The monoisotopic (exact) mass is 344 g/mol. The Morgan fingerprint density at radius 3 is 3.00 bits per heavy atom. The van der Waals surface area contributed by atoms with E-state index in [1.807, 2.05) is 25.1 Å². The Labute approximate surface area is 144 Å². The number of benzene rings is 1. The number of nitrogens with zero attached hydrogens (tertiary/aromatic N) is 4. The van der Waals surface area contributed by atoms with Gasteiger partial charge < -0.3 is 14.2 Å². The third-order valence-electron chi connectivity index (χ3n) is 4.40. The van der Waals surface area contributed by atoms with Crippen LogP contribution in [0.1, 0.15) is 24.1 Å². The molecule has 1 aromatic carbocycles. The van der Waals surface area contributed by atoms with Crippen LogP contribution in [0.25, 0.3) is 10.9 Å². The molecular weight excluding hydrogens is 328 g/mol. The Morgan fingerprint density at radius 1 is 1.38 bits per heavy atom. The van der Waals surface area contributed by atoms with Gasteiger partial charge in [0.15, 0.2) is 5.82 Å². The van der Waals surface area contributed by atoms with Crippen LogP contribution in [0.5, 0.6) is 5.75 Å². The second-order valence-corrected chi connectivity index (χ2v) is 6.36. The van der Waals surface area contributed by atoms with Gasteiger partial charge in [0.25, 0.3) is 0 Å². The number of rotatable bonds is 3. The highest BCUT2D eigenvalue weighted by Crippen LogP contribution is 2.39. The number of fused-ring (bicyclic) bond motifs is 1. The molecule has 0 amide bonds. The van der Waals surface area contributed by atoms with Gasteiger partial charge in [-0.05, 0) is 31.5 Å². The zero-order valence-electron chi connectivity index (χ0n) is 13.5. The number of aryl methyl sites for hydroxylation is 1. The Morgan fingerprint density at radius 2 is 2.25 bits per heavy atom. The van der Waals surface area contributed by atoms with E-state index in [9.17, 15) is 0 Å². The van der Waals surface area contributed by atoms with Crippen LogP contribution in [0.15, 0.2) is 28.9 Å². The van der Waals surface area contributed by atoms with Crippen molar-refractivity contribution in [3.05, 3.63) is 41.1 Å². The van der Waals surface area contributed by atoms with Crippen LogP contribution in [-0.2, 0) is 0 Å². The predicted molar refractivity (Wildman–Crippen MR) is 91.9 cm³/mol. The lowest BCUT2D eigenvalue weighted by Crippen LogP contribution is -2.20. The molecule has 1 saturated heterocycles. The van der Waals surface area contributed by atoms with Crippen LogP contribution in [0.3, 0.4) is 0 Å². The maximum absolute atomic E-state index is 6.48. The van der Waals surface area contributed by atoms with Crippen molar-refractivity contribution >= 4 is 28.2 Å². The summed E-state index contributed by atoms with van der Waals surface area (Å²) >= 11 is 6.48. The Bertz CT molecular complexity index is 895. The van der Waals surface area contributed by atoms with Crippen molar-refractivity contribution in [3.8, 4) is 5.75 Å². The fourth-order valence-electron chi connectivity index (χ4n) is 3.23. The lowest BCUT2D eigenvalue weighted by atomic mass is 10.1. The van der Waals surface area contributed by atoms with E-state index in [0.717, 1.165) is 41.9 Å². The van der Waals surface area contributed by atoms with E-state index in [4.69, 9.17) is 20.9 Å². The van der Waals surface area contributed by atoms with Gasteiger partial charge in [0.1, 0.15) is 5.75 Å². The van der Waals surface area contributed by atoms with Gasteiger partial charge in [-0.3, -0.25) is 4.98 Å². The summed E-state index contributed by atoms with van der Waals surface area (Å²) in [6.45, 7) is 3.50. The minimum Gasteiger partial charge on any atom is -0.497 e. The second-order valence-electron chi connectivity index (χ2n) is 5.95. The molecular formula is C17H17ClN4O2. The molecule has 4 rings (SSSR count). The van der Waals surface area contributed by atoms with E-state index in [1.54, 1.807) is 13.3 Å². The molecule has 0 spiro atoms. The molecule has 24 heavy (non-hydrogen) atoms. The average molecular weight is 345 g/mol. The van der Waals surface area contributed by atoms with Crippen LogP contribution in [-0.4, -0.2) is 35.3 Å². The van der Waals surface area contributed by atoms with Gasteiger partial charge in [0, 0.05) is 24.7 Å². The predicted octanol–water partition coefficient (Wildman–Crippen LogP) is 3.58. The van der Waals surface area contributed by atoms with Crippen molar-refractivity contribution in [1.29, 1.82) is 0 Å². The minimum absolute atomic E-state index is 0.219. The number of halogens is 1. The third-order valence-corrected chi connectivity index (χ3v) is 4.68. The van der Waals surface area contributed by atoms with E-state index in [1.165, 1.54) is 0 Å². The van der Waals surface area contributed by atoms with E-state index < -0.39 is 0 Å². The molecule has 1 atom stereocenters. The lowest BCUT2D eigenvalue weighted by molar-refractivity contribution is 0.356. The molecule has 0 saturated carbocycles. The maximum atomic E-state index is 6.48. The van der Waals surface area contributed by atoms with Crippen LogP contribution < -0.4 is 9.64 Å². The van der Waals surface area contributed by atoms with E-state index in [-0.39, 0.29) is 5.92 Å². The van der Waals surface area contributed by atoms with Gasteiger partial charge in [0.2, 0.25) is 5.89 Å². The number of hydrogen-bond donors (Lipinski definition) is 0. The molecule has 7 heteroatoms. The summed E-state index contributed by atoms with van der Waals surface area (Å²) in [6, 6.07) is 5.83. The van der Waals surface area contributed by atoms with Crippen molar-refractivity contribution in [2.75, 3.05) is 25.1 Å². The number of hydrogen-bond acceptors (Lipinski definition) is 6. The van der Waals surface area contributed by atoms with Gasteiger partial charge in [-0.15, -0.1) is 0 Å². The molecule has 1 fully saturated rings. The molecule has 0 bridgehead atoms. The fourth-order valence-corrected chi connectivity index (χ4v) is 3.50. The highest BCUT2D eigenvalue weighted by atomic mass is 35.5. The fraction of sp³-hybridized carbons (Fsp3) is 0.353. The molecule has 0 N–H and O–H groups in total. The first kappa shape index (κ1) is 15.2. The Hall–Kier alpha value is -2.34. The van der Waals surface area contributed by atoms with Crippen LogP contribution in [0.4, 0.5) is 5.69 Å².